The van der Waals surface area contributed by atoms with Crippen LogP contribution in [0.3, 0.4) is 0 Å². The molecular weight excluding hydrogens is 86.1 g/mol. The normalized spacial score (nSPS) is 9.86. The predicted octanol–water partition coefficient (Wildman–Crippen LogP) is 2.10. The summed E-state index contributed by atoms with van der Waals surface area (Å²) in [6.07, 6.45) is 7.31. The molecule has 1 N–H and O–H groups in total. The maximum Gasteiger partial charge on any atom is 1.00 e. The van der Waals surface area contributed by atoms with E-state index < -0.39 is 0 Å². The number of rotatable bonds is 3. The molecule has 1 heteroatoms. The first-order valence-corrected chi connectivity index (χ1v) is 2.57. The fourth-order valence-electron chi connectivity index (χ4n) is 0.331. The highest BCUT2D eigenvalue weighted by Gasteiger charge is 1.66. The van der Waals surface area contributed by atoms with Crippen molar-refractivity contribution in [3.63, 3.8) is 0 Å². The van der Waals surface area contributed by atoms with Gasteiger partial charge in [0.2, 0.25) is 0 Å². The maximum atomic E-state index is 6.57. The van der Waals surface area contributed by atoms with Crippen molar-refractivity contribution >= 4 is 6.21 Å². The Morgan fingerprint density at radius 2 is 2.43 bits per heavy atom. The molecule has 0 aliphatic rings. The number of unbranched alkanes of at least 4 members (excludes halogenated alkanes) is 1. The molecule has 0 spiro atoms. The minimum Gasteiger partial charge on any atom is -0.309 e. The zero-order valence-electron chi connectivity index (χ0n) is 5.65. The molecule has 0 aliphatic carbocycles. The third-order valence-corrected chi connectivity index (χ3v) is 0.688. The first-order chi connectivity index (χ1) is 3.41. The van der Waals surface area contributed by atoms with E-state index in [0.29, 0.717) is 0 Å². The van der Waals surface area contributed by atoms with Gasteiger partial charge in [-0.25, -0.2) is 0 Å². The van der Waals surface area contributed by atoms with E-state index >= 15 is 0 Å². The average Bonchev–Trinajstić information content (AvgIpc) is 1.69. The van der Waals surface area contributed by atoms with Gasteiger partial charge in [0.15, 0.2) is 0 Å². The zero-order chi connectivity index (χ0) is 5.54. The topological polar surface area (TPSA) is 23.9 Å². The van der Waals surface area contributed by atoms with Crippen molar-refractivity contribution in [2.45, 2.75) is 19.8 Å². The van der Waals surface area contributed by atoms with Gasteiger partial charge in [-0.3, -0.25) is 0 Å². The molecule has 7 heavy (non-hydrogen) atoms. The van der Waals surface area contributed by atoms with Crippen LogP contribution in [-0.2, 0) is 0 Å². The van der Waals surface area contributed by atoms with Crippen molar-refractivity contribution in [3.05, 3.63) is 12.2 Å². The van der Waals surface area contributed by atoms with Crippen LogP contribution in [0.2, 0.25) is 0 Å². The standard InChI is InChI=1S/C6H11N/c1-2-3-4-5-6-7/h4-7H,2-3H2,1H3/p+1/b5-4+,7-6?. The monoisotopic (exact) mass is 98.1 g/mol. The second-order valence-corrected chi connectivity index (χ2v) is 1.38. The van der Waals surface area contributed by atoms with E-state index in [2.05, 4.69) is 6.92 Å². The molecule has 0 aromatic rings. The molecule has 0 aromatic heterocycles. The summed E-state index contributed by atoms with van der Waals surface area (Å²) in [5.74, 6) is 0. The minimum atomic E-state index is 0. The SMILES string of the molecule is CCC/C=C/C=N.[H+]. The second kappa shape index (κ2) is 5.41. The van der Waals surface area contributed by atoms with Gasteiger partial charge < -0.3 is 5.41 Å². The summed E-state index contributed by atoms with van der Waals surface area (Å²) in [6, 6.07) is 0. The fourth-order valence-corrected chi connectivity index (χ4v) is 0.331. The smallest absolute Gasteiger partial charge is 0.309 e. The van der Waals surface area contributed by atoms with Crippen LogP contribution in [0.15, 0.2) is 12.2 Å². The van der Waals surface area contributed by atoms with E-state index in [1.165, 1.54) is 12.6 Å². The van der Waals surface area contributed by atoms with Crippen molar-refractivity contribution in [2.75, 3.05) is 0 Å². The van der Waals surface area contributed by atoms with E-state index in [4.69, 9.17) is 5.41 Å². The molecule has 0 heterocycles. The Labute approximate surface area is 46.0 Å². The van der Waals surface area contributed by atoms with Crippen molar-refractivity contribution in [3.8, 4) is 0 Å². The van der Waals surface area contributed by atoms with Crippen LogP contribution in [0.4, 0.5) is 0 Å². The molecule has 0 aromatic carbocycles. The summed E-state index contributed by atoms with van der Waals surface area (Å²) in [7, 11) is 0. The molecule has 0 radical (unpaired) electrons. The van der Waals surface area contributed by atoms with Crippen LogP contribution in [0.5, 0.6) is 0 Å². The van der Waals surface area contributed by atoms with Gasteiger partial charge in [0.05, 0.1) is 0 Å². The lowest BCUT2D eigenvalue weighted by atomic mass is 10.3. The van der Waals surface area contributed by atoms with E-state index in [0.717, 1.165) is 6.42 Å². The van der Waals surface area contributed by atoms with Gasteiger partial charge in [-0.15, -0.1) is 0 Å². The Balaban J connectivity index is 0. The molecule has 0 unspecified atom stereocenters. The lowest BCUT2D eigenvalue weighted by molar-refractivity contribution is 0.960. The van der Waals surface area contributed by atoms with E-state index in [-0.39, 0.29) is 1.43 Å². The summed E-state index contributed by atoms with van der Waals surface area (Å²) in [5, 5.41) is 6.57. The predicted molar refractivity (Wildman–Crippen MR) is 33.9 cm³/mol. The molecule has 0 saturated heterocycles. The number of allylic oxidation sites excluding steroid dienone is 2. The lowest BCUT2D eigenvalue weighted by Gasteiger charge is -1.76. The highest BCUT2D eigenvalue weighted by atomic mass is 14.3. The molecule has 1 nitrogen and oxygen atoms in total. The Kier molecular flexibility index (Phi) is 4.95. The highest BCUT2D eigenvalue weighted by molar-refractivity contribution is 5.67. The van der Waals surface area contributed by atoms with Gasteiger partial charge in [-0.05, 0) is 12.5 Å². The Hall–Kier alpha value is -0.590. The van der Waals surface area contributed by atoms with Crippen LogP contribution < -0.4 is 0 Å². The number of hydrogen-bond acceptors (Lipinski definition) is 1. The van der Waals surface area contributed by atoms with Gasteiger partial charge in [0.1, 0.15) is 0 Å². The molecule has 40 valence electrons. The molecule has 0 bridgehead atoms. The van der Waals surface area contributed by atoms with Crippen LogP contribution >= 0.6 is 0 Å². The van der Waals surface area contributed by atoms with Gasteiger partial charge in [-0.2, -0.15) is 0 Å². The summed E-state index contributed by atoms with van der Waals surface area (Å²) >= 11 is 0. The summed E-state index contributed by atoms with van der Waals surface area (Å²) in [6.45, 7) is 2.12. The summed E-state index contributed by atoms with van der Waals surface area (Å²) in [5.41, 5.74) is 0. The summed E-state index contributed by atoms with van der Waals surface area (Å²) < 4.78 is 0. The van der Waals surface area contributed by atoms with Crippen LogP contribution in [0.25, 0.3) is 0 Å². The first kappa shape index (κ1) is 6.41. The Bertz CT molecular complexity index is 68.9. The molecule has 0 aliphatic heterocycles. The minimum absolute atomic E-state index is 0. The van der Waals surface area contributed by atoms with Gasteiger partial charge in [-0.1, -0.05) is 19.4 Å². The molecule has 0 fully saturated rings. The van der Waals surface area contributed by atoms with Crippen LogP contribution in [0.1, 0.15) is 21.2 Å². The summed E-state index contributed by atoms with van der Waals surface area (Å²) in [4.78, 5) is 0. The molecular formula is C6H12N+. The third kappa shape index (κ3) is 5.41. The van der Waals surface area contributed by atoms with Crippen molar-refractivity contribution in [1.29, 1.82) is 5.41 Å². The average molecular weight is 98.2 g/mol. The number of nitrogens with one attached hydrogen (secondary N) is 1. The molecule has 0 saturated carbocycles. The zero-order valence-corrected chi connectivity index (χ0v) is 4.65. The highest BCUT2D eigenvalue weighted by Crippen LogP contribution is 1.85. The van der Waals surface area contributed by atoms with E-state index in [1.807, 2.05) is 6.08 Å². The third-order valence-electron chi connectivity index (χ3n) is 0.688. The largest absolute Gasteiger partial charge is 1.00 e. The lowest BCUT2D eigenvalue weighted by Crippen LogP contribution is -1.60. The quantitative estimate of drug-likeness (QED) is 0.523. The van der Waals surface area contributed by atoms with Gasteiger partial charge >= 0.3 is 1.43 Å². The number of hydrogen-bond donors (Lipinski definition) is 1. The Morgan fingerprint density at radius 1 is 1.71 bits per heavy atom. The first-order valence-electron chi connectivity index (χ1n) is 2.57. The van der Waals surface area contributed by atoms with Crippen LogP contribution in [-0.4, -0.2) is 6.21 Å². The second-order valence-electron chi connectivity index (χ2n) is 1.38. The van der Waals surface area contributed by atoms with Gasteiger partial charge in [0, 0.05) is 6.21 Å². The van der Waals surface area contributed by atoms with Gasteiger partial charge in [0.25, 0.3) is 0 Å². The fraction of sp³-hybridized carbons (Fsp3) is 0.500. The van der Waals surface area contributed by atoms with Crippen molar-refractivity contribution in [1.82, 2.24) is 0 Å². The van der Waals surface area contributed by atoms with Crippen LogP contribution in [0, 0.1) is 5.41 Å². The molecule has 0 amide bonds. The molecule has 0 rings (SSSR count). The Morgan fingerprint density at radius 3 is 2.86 bits per heavy atom. The van der Waals surface area contributed by atoms with Crippen molar-refractivity contribution in [2.24, 2.45) is 0 Å². The van der Waals surface area contributed by atoms with E-state index in [9.17, 15) is 0 Å². The maximum absolute atomic E-state index is 6.57. The van der Waals surface area contributed by atoms with Crippen molar-refractivity contribution < 1.29 is 1.43 Å². The molecule has 0 atom stereocenters. The van der Waals surface area contributed by atoms with E-state index in [1.54, 1.807) is 6.08 Å².